The lowest BCUT2D eigenvalue weighted by atomic mass is 9.39. The van der Waals surface area contributed by atoms with Gasteiger partial charge < -0.3 is 10.2 Å². The molecule has 0 amide bonds. The molecular formula is C20H30O3. The standard InChI is InChI=1S/C20H30O3/c1-17-8-5-13-18(2)6-4-7-19(3,16(22)23)14(18)11-15(21)20(13,12-17)10-9-17/h9-10,13-15,21H,4-8,11-12H2,1-3H3,(H,22,23). The lowest BCUT2D eigenvalue weighted by Crippen LogP contribution is -2.63. The van der Waals surface area contributed by atoms with Crippen molar-refractivity contribution in [2.45, 2.75) is 71.8 Å². The highest BCUT2D eigenvalue weighted by molar-refractivity contribution is 5.75. The Morgan fingerprint density at radius 3 is 2.52 bits per heavy atom. The summed E-state index contributed by atoms with van der Waals surface area (Å²) in [4.78, 5) is 12.1. The van der Waals surface area contributed by atoms with Crippen LogP contribution in [0.15, 0.2) is 12.2 Å². The van der Waals surface area contributed by atoms with Crippen LogP contribution in [0.5, 0.6) is 0 Å². The first kappa shape index (κ1) is 15.7. The van der Waals surface area contributed by atoms with E-state index in [1.54, 1.807) is 0 Å². The zero-order valence-electron chi connectivity index (χ0n) is 14.6. The van der Waals surface area contributed by atoms with Crippen molar-refractivity contribution in [3.05, 3.63) is 12.2 Å². The van der Waals surface area contributed by atoms with Gasteiger partial charge in [0.05, 0.1) is 11.5 Å². The van der Waals surface area contributed by atoms with E-state index in [1.165, 1.54) is 6.42 Å². The van der Waals surface area contributed by atoms with Crippen LogP contribution in [0.1, 0.15) is 65.7 Å². The minimum atomic E-state index is -0.682. The first-order valence-electron chi connectivity index (χ1n) is 9.28. The smallest absolute Gasteiger partial charge is 0.309 e. The molecular weight excluding hydrogens is 288 g/mol. The summed E-state index contributed by atoms with van der Waals surface area (Å²) in [6.45, 7) is 6.59. The number of allylic oxidation sites excluding steroid dienone is 1. The summed E-state index contributed by atoms with van der Waals surface area (Å²) in [7, 11) is 0. The molecule has 0 radical (unpaired) electrons. The van der Waals surface area contributed by atoms with Gasteiger partial charge >= 0.3 is 5.97 Å². The maximum atomic E-state index is 12.1. The topological polar surface area (TPSA) is 57.5 Å². The van der Waals surface area contributed by atoms with Gasteiger partial charge in [0.25, 0.3) is 0 Å². The van der Waals surface area contributed by atoms with E-state index in [0.29, 0.717) is 12.3 Å². The molecule has 4 rings (SSSR count). The van der Waals surface area contributed by atoms with E-state index in [4.69, 9.17) is 0 Å². The number of carboxylic acids is 1. The second kappa shape index (κ2) is 4.41. The third kappa shape index (κ3) is 1.78. The Morgan fingerprint density at radius 2 is 1.83 bits per heavy atom. The van der Waals surface area contributed by atoms with Crippen LogP contribution >= 0.6 is 0 Å². The fraction of sp³-hybridized carbons (Fsp3) is 0.850. The molecule has 0 aliphatic heterocycles. The number of aliphatic hydroxyl groups excluding tert-OH is 1. The predicted molar refractivity (Wildman–Crippen MR) is 88.8 cm³/mol. The molecule has 4 aliphatic rings. The van der Waals surface area contributed by atoms with Crippen LogP contribution in [0.25, 0.3) is 0 Å². The minimum absolute atomic E-state index is 0.0423. The largest absolute Gasteiger partial charge is 0.481 e. The number of fused-ring (bicyclic) bond motifs is 3. The zero-order valence-corrected chi connectivity index (χ0v) is 14.6. The van der Waals surface area contributed by atoms with Gasteiger partial charge in [-0.05, 0) is 68.1 Å². The summed E-state index contributed by atoms with van der Waals surface area (Å²) in [6, 6.07) is 0. The van der Waals surface area contributed by atoms with Crippen LogP contribution < -0.4 is 0 Å². The number of aliphatic hydroxyl groups is 1. The van der Waals surface area contributed by atoms with Crippen molar-refractivity contribution in [1.82, 2.24) is 0 Å². The van der Waals surface area contributed by atoms with Crippen molar-refractivity contribution >= 4 is 5.97 Å². The van der Waals surface area contributed by atoms with Crippen LogP contribution in [0.2, 0.25) is 0 Å². The molecule has 0 heterocycles. The second-order valence-corrected chi connectivity index (χ2v) is 9.75. The van der Waals surface area contributed by atoms with E-state index in [2.05, 4.69) is 26.0 Å². The van der Waals surface area contributed by atoms with Gasteiger partial charge in [-0.1, -0.05) is 32.4 Å². The summed E-state index contributed by atoms with van der Waals surface area (Å²) in [5.74, 6) is -0.154. The summed E-state index contributed by atoms with van der Waals surface area (Å²) >= 11 is 0. The quantitative estimate of drug-likeness (QED) is 0.718. The molecule has 0 saturated heterocycles. The number of hydrogen-bond donors (Lipinski definition) is 2. The highest BCUT2D eigenvalue weighted by Gasteiger charge is 2.67. The summed E-state index contributed by atoms with van der Waals surface area (Å²) in [5.41, 5.74) is -0.500. The van der Waals surface area contributed by atoms with Gasteiger partial charge in [-0.15, -0.1) is 0 Å². The molecule has 2 bridgehead atoms. The Bertz CT molecular complexity index is 583. The van der Waals surface area contributed by atoms with Gasteiger partial charge in [0, 0.05) is 5.41 Å². The highest BCUT2D eigenvalue weighted by atomic mass is 16.4. The third-order valence-electron chi connectivity index (χ3n) is 8.50. The molecule has 128 valence electrons. The van der Waals surface area contributed by atoms with E-state index in [-0.39, 0.29) is 28.3 Å². The number of carboxylic acid groups (broad SMARTS) is 1. The Balaban J connectivity index is 1.80. The van der Waals surface area contributed by atoms with E-state index in [9.17, 15) is 15.0 Å². The summed E-state index contributed by atoms with van der Waals surface area (Å²) < 4.78 is 0. The van der Waals surface area contributed by atoms with Crippen LogP contribution in [-0.2, 0) is 4.79 Å². The summed E-state index contributed by atoms with van der Waals surface area (Å²) in [6.07, 6.45) is 11.2. The minimum Gasteiger partial charge on any atom is -0.481 e. The fourth-order valence-corrected chi connectivity index (χ4v) is 7.29. The average Bonchev–Trinajstić information content (AvgIpc) is 2.74. The molecule has 23 heavy (non-hydrogen) atoms. The SMILES string of the molecule is CC12C=CC3(C1)C(O)CC1C(C)(C(=O)O)CCCC1(C)C3CC2. The lowest BCUT2D eigenvalue weighted by Gasteiger charge is -2.65. The molecule has 1 spiro atoms. The van der Waals surface area contributed by atoms with E-state index >= 15 is 0 Å². The van der Waals surface area contributed by atoms with Crippen molar-refractivity contribution in [2.24, 2.45) is 33.5 Å². The number of aliphatic carboxylic acids is 1. The van der Waals surface area contributed by atoms with Crippen molar-refractivity contribution in [1.29, 1.82) is 0 Å². The van der Waals surface area contributed by atoms with Crippen molar-refractivity contribution in [3.8, 4) is 0 Å². The van der Waals surface area contributed by atoms with Crippen molar-refractivity contribution < 1.29 is 15.0 Å². The molecule has 7 unspecified atom stereocenters. The molecule has 3 fully saturated rings. The van der Waals surface area contributed by atoms with E-state index in [1.807, 2.05) is 6.92 Å². The van der Waals surface area contributed by atoms with Gasteiger partial charge in [0.15, 0.2) is 0 Å². The van der Waals surface area contributed by atoms with E-state index < -0.39 is 11.4 Å². The predicted octanol–water partition coefficient (Wildman–Crippen LogP) is 4.01. The lowest BCUT2D eigenvalue weighted by molar-refractivity contribution is -0.203. The Labute approximate surface area is 139 Å². The molecule has 0 aromatic rings. The van der Waals surface area contributed by atoms with Crippen molar-refractivity contribution in [3.63, 3.8) is 0 Å². The maximum absolute atomic E-state index is 12.1. The fourth-order valence-electron chi connectivity index (χ4n) is 7.29. The van der Waals surface area contributed by atoms with Gasteiger partial charge in [0.2, 0.25) is 0 Å². The van der Waals surface area contributed by atoms with Gasteiger partial charge in [-0.3, -0.25) is 4.79 Å². The Hall–Kier alpha value is -0.830. The van der Waals surface area contributed by atoms with Gasteiger partial charge in [0.1, 0.15) is 0 Å². The monoisotopic (exact) mass is 318 g/mol. The first-order valence-corrected chi connectivity index (χ1v) is 9.28. The van der Waals surface area contributed by atoms with Crippen molar-refractivity contribution in [2.75, 3.05) is 0 Å². The molecule has 4 aliphatic carbocycles. The van der Waals surface area contributed by atoms with Crippen LogP contribution in [0, 0.1) is 33.5 Å². The molecule has 3 nitrogen and oxygen atoms in total. The highest BCUT2D eigenvalue weighted by Crippen LogP contribution is 2.71. The normalized spacial score (nSPS) is 57.7. The van der Waals surface area contributed by atoms with Crippen LogP contribution in [0.3, 0.4) is 0 Å². The Kier molecular flexibility index (Phi) is 3.01. The van der Waals surface area contributed by atoms with Crippen LogP contribution in [-0.4, -0.2) is 22.3 Å². The number of hydrogen-bond acceptors (Lipinski definition) is 2. The van der Waals surface area contributed by atoms with E-state index in [0.717, 1.165) is 32.1 Å². The second-order valence-electron chi connectivity index (χ2n) is 9.75. The van der Waals surface area contributed by atoms with Crippen LogP contribution in [0.4, 0.5) is 0 Å². The first-order chi connectivity index (χ1) is 10.7. The molecule has 3 heteroatoms. The summed E-state index contributed by atoms with van der Waals surface area (Å²) in [5, 5.41) is 21.0. The number of carbonyl (C=O) groups is 1. The van der Waals surface area contributed by atoms with Gasteiger partial charge in [-0.25, -0.2) is 0 Å². The molecule has 7 atom stereocenters. The third-order valence-corrected chi connectivity index (χ3v) is 8.50. The molecule has 0 aromatic heterocycles. The van der Waals surface area contributed by atoms with Gasteiger partial charge in [-0.2, -0.15) is 0 Å². The molecule has 2 N–H and O–H groups in total. The molecule has 3 saturated carbocycles. The molecule has 0 aromatic carbocycles. The average molecular weight is 318 g/mol. The maximum Gasteiger partial charge on any atom is 0.309 e. The number of rotatable bonds is 1. The zero-order chi connectivity index (χ0) is 16.7. The Morgan fingerprint density at radius 1 is 1.09 bits per heavy atom.